The van der Waals surface area contributed by atoms with Crippen LogP contribution in [-0.2, 0) is 6.54 Å². The van der Waals surface area contributed by atoms with E-state index in [0.717, 1.165) is 68.3 Å². The topological polar surface area (TPSA) is 66.0 Å². The Hall–Kier alpha value is -1.93. The van der Waals surface area contributed by atoms with E-state index in [4.69, 9.17) is 9.47 Å². The normalized spacial score (nSPS) is 16.1. The molecule has 2 aliphatic heterocycles. The smallest absolute Gasteiger partial charge is 0.143 e. The summed E-state index contributed by atoms with van der Waals surface area (Å²) in [5.74, 6) is 2.38. The number of benzene rings is 2. The van der Waals surface area contributed by atoms with E-state index in [1.807, 2.05) is 51.1 Å². The standard InChI is InChI=1S/C24H33N3O3.C2H6.CH4S/c1-2-29-22-6-4-3-5-20(22)17-27-13-14-30-23-15-19(7-8-21(23)27)24(28)26-16-18-9-11-25-12-10-18;2*1-2/h3-8,15,18,24-26,28H,2,9-14,16-17H2,1H3;1-2H3;2H,1H3. The maximum Gasteiger partial charge on any atom is 0.143 e. The molecule has 0 spiro atoms. The minimum Gasteiger partial charge on any atom is -0.494 e. The van der Waals surface area contributed by atoms with Crippen LogP contribution in [0.25, 0.3) is 0 Å². The summed E-state index contributed by atoms with van der Waals surface area (Å²) in [6.45, 7) is 11.8. The van der Waals surface area contributed by atoms with Crippen LogP contribution < -0.4 is 25.0 Å². The molecule has 2 aromatic rings. The number of ether oxygens (including phenoxy) is 2. The largest absolute Gasteiger partial charge is 0.494 e. The first kappa shape index (κ1) is 28.3. The van der Waals surface area contributed by atoms with E-state index in [1.165, 1.54) is 5.56 Å². The summed E-state index contributed by atoms with van der Waals surface area (Å²) in [6.07, 6.45) is 3.33. The quantitative estimate of drug-likeness (QED) is 0.320. The van der Waals surface area contributed by atoms with Crippen LogP contribution in [0.5, 0.6) is 11.5 Å². The van der Waals surface area contributed by atoms with Crippen LogP contribution >= 0.6 is 12.6 Å². The molecule has 3 N–H and O–H groups in total. The molecule has 0 aliphatic carbocycles. The van der Waals surface area contributed by atoms with Gasteiger partial charge in [0.05, 0.1) is 18.8 Å². The van der Waals surface area contributed by atoms with Crippen LogP contribution in [0.1, 0.15) is 51.0 Å². The number of aliphatic hydroxyl groups excluding tert-OH is 1. The molecule has 2 aliphatic rings. The van der Waals surface area contributed by atoms with E-state index < -0.39 is 6.23 Å². The highest BCUT2D eigenvalue weighted by Crippen LogP contribution is 2.35. The third-order valence-corrected chi connectivity index (χ3v) is 5.95. The number of hydrogen-bond acceptors (Lipinski definition) is 7. The van der Waals surface area contributed by atoms with Gasteiger partial charge in [0.15, 0.2) is 0 Å². The maximum absolute atomic E-state index is 10.6. The number of nitrogens with zero attached hydrogens (tertiary/aromatic N) is 1. The average Bonchev–Trinajstić information content (AvgIpc) is 2.91. The van der Waals surface area contributed by atoms with E-state index in [0.29, 0.717) is 19.1 Å². The van der Waals surface area contributed by atoms with Gasteiger partial charge in [0, 0.05) is 18.7 Å². The highest BCUT2D eigenvalue weighted by Gasteiger charge is 2.22. The predicted molar refractivity (Wildman–Crippen MR) is 145 cm³/mol. The molecule has 0 radical (unpaired) electrons. The Morgan fingerprint density at radius 2 is 1.91 bits per heavy atom. The molecule has 1 fully saturated rings. The predicted octanol–water partition coefficient (Wildman–Crippen LogP) is 4.64. The fraction of sp³-hybridized carbons (Fsp3) is 0.556. The van der Waals surface area contributed by atoms with Crippen LogP contribution in [0.15, 0.2) is 42.5 Å². The molecule has 1 atom stereocenters. The van der Waals surface area contributed by atoms with E-state index >= 15 is 0 Å². The summed E-state index contributed by atoms with van der Waals surface area (Å²) < 4.78 is 11.7. The zero-order valence-electron chi connectivity index (χ0n) is 21.2. The van der Waals surface area contributed by atoms with E-state index in [-0.39, 0.29) is 0 Å². The number of hydrogen-bond donors (Lipinski definition) is 4. The van der Waals surface area contributed by atoms with Crippen molar-refractivity contribution in [3.63, 3.8) is 0 Å². The number of para-hydroxylation sites is 1. The zero-order valence-corrected chi connectivity index (χ0v) is 22.1. The summed E-state index contributed by atoms with van der Waals surface area (Å²) in [5, 5.41) is 17.3. The Morgan fingerprint density at radius 3 is 2.65 bits per heavy atom. The average molecular weight is 490 g/mol. The van der Waals surface area contributed by atoms with Gasteiger partial charge < -0.3 is 24.8 Å². The van der Waals surface area contributed by atoms with Crippen molar-refractivity contribution in [1.82, 2.24) is 10.6 Å². The first-order chi connectivity index (χ1) is 16.7. The number of aliphatic hydroxyl groups is 1. The Labute approximate surface area is 211 Å². The van der Waals surface area contributed by atoms with Gasteiger partial charge in [-0.2, -0.15) is 12.6 Å². The molecule has 1 saturated heterocycles. The van der Waals surface area contributed by atoms with Crippen LogP contribution in [0, 0.1) is 5.92 Å². The lowest BCUT2D eigenvalue weighted by Gasteiger charge is -2.32. The molecule has 2 aromatic carbocycles. The Balaban J connectivity index is 0.000000970. The van der Waals surface area contributed by atoms with Crippen molar-refractivity contribution in [1.29, 1.82) is 0 Å². The first-order valence-electron chi connectivity index (χ1n) is 12.5. The Kier molecular flexibility index (Phi) is 13.2. The maximum atomic E-state index is 10.6. The van der Waals surface area contributed by atoms with Gasteiger partial charge in [0.2, 0.25) is 0 Å². The van der Waals surface area contributed by atoms with Crippen LogP contribution in [0.4, 0.5) is 5.69 Å². The second-order valence-electron chi connectivity index (χ2n) is 8.04. The number of rotatable bonds is 8. The summed E-state index contributed by atoms with van der Waals surface area (Å²) in [7, 11) is 0. The van der Waals surface area contributed by atoms with Crippen molar-refractivity contribution in [2.75, 3.05) is 50.5 Å². The molecule has 0 saturated carbocycles. The summed E-state index contributed by atoms with van der Waals surface area (Å²) >= 11 is 3.53. The number of anilines is 1. The van der Waals surface area contributed by atoms with Crippen molar-refractivity contribution < 1.29 is 14.6 Å². The fourth-order valence-electron chi connectivity index (χ4n) is 4.25. The lowest BCUT2D eigenvalue weighted by atomic mass is 9.98. The highest BCUT2D eigenvalue weighted by atomic mass is 32.1. The van der Waals surface area contributed by atoms with Gasteiger partial charge in [0.1, 0.15) is 24.3 Å². The van der Waals surface area contributed by atoms with E-state index in [2.05, 4.69) is 40.3 Å². The molecule has 4 rings (SSSR count). The van der Waals surface area contributed by atoms with Gasteiger partial charge in [-0.05, 0) is 68.8 Å². The SMILES string of the molecule is CC.CCOc1ccccc1CN1CCOc2cc(C(O)NCC3CCNCC3)ccc21.CS. The highest BCUT2D eigenvalue weighted by molar-refractivity contribution is 7.79. The molecular formula is C27H43N3O3S. The number of piperidine rings is 1. The number of fused-ring (bicyclic) bond motifs is 1. The molecule has 7 heteroatoms. The minimum atomic E-state index is -0.678. The molecule has 190 valence electrons. The summed E-state index contributed by atoms with van der Waals surface area (Å²) in [5.41, 5.74) is 3.07. The van der Waals surface area contributed by atoms with Gasteiger partial charge in [-0.3, -0.25) is 5.32 Å². The zero-order chi connectivity index (χ0) is 24.8. The van der Waals surface area contributed by atoms with E-state index in [1.54, 1.807) is 6.26 Å². The lowest BCUT2D eigenvalue weighted by Crippen LogP contribution is -2.35. The van der Waals surface area contributed by atoms with Crippen molar-refractivity contribution in [3.05, 3.63) is 53.6 Å². The van der Waals surface area contributed by atoms with Gasteiger partial charge in [-0.25, -0.2) is 0 Å². The van der Waals surface area contributed by atoms with Gasteiger partial charge in [-0.1, -0.05) is 38.1 Å². The van der Waals surface area contributed by atoms with E-state index in [9.17, 15) is 5.11 Å². The molecule has 34 heavy (non-hydrogen) atoms. The van der Waals surface area contributed by atoms with Crippen molar-refractivity contribution in [2.45, 2.75) is 46.4 Å². The number of thiol groups is 1. The molecule has 0 amide bonds. The van der Waals surface area contributed by atoms with Crippen molar-refractivity contribution in [3.8, 4) is 11.5 Å². The van der Waals surface area contributed by atoms with Gasteiger partial charge >= 0.3 is 0 Å². The van der Waals surface area contributed by atoms with Gasteiger partial charge in [-0.15, -0.1) is 0 Å². The third kappa shape index (κ3) is 8.08. The molecule has 0 aromatic heterocycles. The molecule has 2 heterocycles. The first-order valence-corrected chi connectivity index (χ1v) is 13.4. The molecule has 1 unspecified atom stereocenters. The Bertz CT molecular complexity index is 831. The Morgan fingerprint density at radius 1 is 1.18 bits per heavy atom. The number of nitrogens with one attached hydrogen (secondary N) is 2. The fourth-order valence-corrected chi connectivity index (χ4v) is 4.25. The molecular weight excluding hydrogens is 446 g/mol. The second kappa shape index (κ2) is 15.9. The van der Waals surface area contributed by atoms with Crippen LogP contribution in [0.2, 0.25) is 0 Å². The third-order valence-electron chi connectivity index (χ3n) is 5.95. The van der Waals surface area contributed by atoms with Gasteiger partial charge in [0.25, 0.3) is 0 Å². The minimum absolute atomic E-state index is 0.621. The monoisotopic (exact) mass is 489 g/mol. The van der Waals surface area contributed by atoms with Crippen LogP contribution in [-0.4, -0.2) is 50.8 Å². The van der Waals surface area contributed by atoms with Crippen molar-refractivity contribution in [2.24, 2.45) is 5.92 Å². The second-order valence-corrected chi connectivity index (χ2v) is 8.04. The molecule has 6 nitrogen and oxygen atoms in total. The van der Waals surface area contributed by atoms with Crippen LogP contribution in [0.3, 0.4) is 0 Å². The summed E-state index contributed by atoms with van der Waals surface area (Å²) in [4.78, 5) is 2.31. The summed E-state index contributed by atoms with van der Waals surface area (Å²) in [6, 6.07) is 14.2. The molecule has 0 bridgehead atoms. The lowest BCUT2D eigenvalue weighted by molar-refractivity contribution is 0.129. The van der Waals surface area contributed by atoms with Crippen molar-refractivity contribution >= 4 is 18.3 Å².